The van der Waals surface area contributed by atoms with Crippen LogP contribution in [0.15, 0.2) is 24.3 Å². The van der Waals surface area contributed by atoms with Gasteiger partial charge in [0.25, 0.3) is 0 Å². The molecule has 0 bridgehead atoms. The van der Waals surface area contributed by atoms with E-state index in [-0.39, 0.29) is 0 Å². The SMILES string of the molecule is N#CC1(C#N)[C@@H](c2ccc(Cl)cc2)[C@]1(C#N)C(N)=O. The quantitative estimate of drug-likeness (QED) is 0.876. The lowest BCUT2D eigenvalue weighted by molar-refractivity contribution is -0.121. The Balaban J connectivity index is 2.62. The highest BCUT2D eigenvalue weighted by Crippen LogP contribution is 2.73. The molecule has 1 aliphatic carbocycles. The van der Waals surface area contributed by atoms with E-state index in [0.29, 0.717) is 10.6 Å². The second-order valence-corrected chi connectivity index (χ2v) is 4.74. The molecule has 2 N–H and O–H groups in total. The molecule has 0 radical (unpaired) electrons. The summed E-state index contributed by atoms with van der Waals surface area (Å²) in [4.78, 5) is 11.6. The summed E-state index contributed by atoms with van der Waals surface area (Å²) >= 11 is 5.76. The van der Waals surface area contributed by atoms with E-state index in [4.69, 9.17) is 17.3 Å². The minimum atomic E-state index is -1.80. The Morgan fingerprint density at radius 1 is 1.16 bits per heavy atom. The molecule has 0 aromatic heterocycles. The van der Waals surface area contributed by atoms with Crippen LogP contribution >= 0.6 is 11.6 Å². The van der Waals surface area contributed by atoms with Crippen LogP contribution in [0.25, 0.3) is 0 Å². The molecule has 2 atom stereocenters. The van der Waals surface area contributed by atoms with Crippen LogP contribution in [-0.4, -0.2) is 5.91 Å². The number of primary amides is 1. The predicted molar refractivity (Wildman–Crippen MR) is 65.1 cm³/mol. The number of carbonyl (C=O) groups is 1. The van der Waals surface area contributed by atoms with Crippen LogP contribution in [0.1, 0.15) is 11.5 Å². The van der Waals surface area contributed by atoms with Gasteiger partial charge in [-0.3, -0.25) is 4.79 Å². The number of hydrogen-bond acceptors (Lipinski definition) is 4. The van der Waals surface area contributed by atoms with Gasteiger partial charge in [0.15, 0.2) is 10.8 Å². The van der Waals surface area contributed by atoms with Gasteiger partial charge in [0.2, 0.25) is 5.91 Å². The lowest BCUT2D eigenvalue weighted by Gasteiger charge is -2.02. The fraction of sp³-hybridized carbons (Fsp3) is 0.231. The van der Waals surface area contributed by atoms with Crippen molar-refractivity contribution in [3.8, 4) is 18.2 Å². The van der Waals surface area contributed by atoms with Crippen molar-refractivity contribution in [1.29, 1.82) is 15.8 Å². The van der Waals surface area contributed by atoms with Crippen molar-refractivity contribution in [3.63, 3.8) is 0 Å². The highest BCUT2D eigenvalue weighted by molar-refractivity contribution is 6.30. The van der Waals surface area contributed by atoms with Gasteiger partial charge < -0.3 is 5.73 Å². The largest absolute Gasteiger partial charge is 0.368 e. The zero-order valence-electron chi connectivity index (χ0n) is 9.59. The lowest BCUT2D eigenvalue weighted by Crippen LogP contribution is -2.28. The minimum absolute atomic E-state index is 0.477. The van der Waals surface area contributed by atoms with Crippen molar-refractivity contribution in [3.05, 3.63) is 34.9 Å². The van der Waals surface area contributed by atoms with Crippen LogP contribution in [0.2, 0.25) is 5.02 Å². The molecule has 19 heavy (non-hydrogen) atoms. The Kier molecular flexibility index (Phi) is 2.71. The number of rotatable bonds is 2. The van der Waals surface area contributed by atoms with Crippen molar-refractivity contribution >= 4 is 17.5 Å². The summed E-state index contributed by atoms with van der Waals surface area (Å²) in [5.74, 6) is -1.81. The van der Waals surface area contributed by atoms with Gasteiger partial charge in [0.1, 0.15) is 0 Å². The van der Waals surface area contributed by atoms with E-state index in [1.54, 1.807) is 42.5 Å². The molecular weight excluding hydrogens is 264 g/mol. The van der Waals surface area contributed by atoms with E-state index >= 15 is 0 Å². The summed E-state index contributed by atoms with van der Waals surface area (Å²) in [6.45, 7) is 0. The summed E-state index contributed by atoms with van der Waals surface area (Å²) in [5.41, 5.74) is 2.22. The standard InChI is InChI=1S/C13H7ClN4O/c14-9-3-1-8(2-4-9)10-12(5-15,6-16)13(10,7-17)11(18)19/h1-4,10H,(H2,18,19)/t10-,13-/m1/s1. The third kappa shape index (κ3) is 1.35. The summed E-state index contributed by atoms with van der Waals surface area (Å²) in [6, 6.07) is 11.6. The number of benzene rings is 1. The summed E-state index contributed by atoms with van der Waals surface area (Å²) in [6.07, 6.45) is 0. The number of halogens is 1. The van der Waals surface area contributed by atoms with Gasteiger partial charge in [-0.05, 0) is 17.7 Å². The first kappa shape index (κ1) is 12.9. The van der Waals surface area contributed by atoms with Gasteiger partial charge in [-0.2, -0.15) is 15.8 Å². The minimum Gasteiger partial charge on any atom is -0.368 e. The smallest absolute Gasteiger partial charge is 0.241 e. The molecule has 1 aromatic rings. The molecule has 6 heteroatoms. The predicted octanol–water partition coefficient (Wildman–Crippen LogP) is 1.47. The fourth-order valence-corrected chi connectivity index (χ4v) is 2.63. The molecule has 0 spiro atoms. The zero-order valence-corrected chi connectivity index (χ0v) is 10.3. The normalized spacial score (nSPS) is 26.5. The summed E-state index contributed by atoms with van der Waals surface area (Å²) in [7, 11) is 0. The molecule has 1 aromatic carbocycles. The number of amides is 1. The molecule has 1 fully saturated rings. The van der Waals surface area contributed by atoms with Crippen LogP contribution in [0.4, 0.5) is 0 Å². The van der Waals surface area contributed by atoms with Crippen molar-refractivity contribution in [2.24, 2.45) is 16.6 Å². The van der Waals surface area contributed by atoms with Crippen molar-refractivity contribution in [1.82, 2.24) is 0 Å². The first-order valence-corrected chi connectivity index (χ1v) is 5.67. The molecule has 0 aliphatic heterocycles. The van der Waals surface area contributed by atoms with Gasteiger partial charge in [0.05, 0.1) is 18.2 Å². The average Bonchev–Trinajstić information content (AvgIpc) is 3.03. The Hall–Kier alpha value is -2.55. The average molecular weight is 271 g/mol. The maximum absolute atomic E-state index is 11.6. The molecule has 1 amide bonds. The molecular formula is C13H7ClN4O. The Morgan fingerprint density at radius 2 is 1.68 bits per heavy atom. The van der Waals surface area contributed by atoms with Gasteiger partial charge in [-0.15, -0.1) is 0 Å². The van der Waals surface area contributed by atoms with Gasteiger partial charge in [-0.25, -0.2) is 0 Å². The second-order valence-electron chi connectivity index (χ2n) is 4.30. The van der Waals surface area contributed by atoms with Gasteiger partial charge >= 0.3 is 0 Å². The third-order valence-corrected chi connectivity index (χ3v) is 3.78. The van der Waals surface area contributed by atoms with Gasteiger partial charge in [0, 0.05) is 10.9 Å². The summed E-state index contributed by atoms with van der Waals surface area (Å²) in [5, 5.41) is 28.1. The van der Waals surface area contributed by atoms with E-state index in [9.17, 15) is 20.6 Å². The van der Waals surface area contributed by atoms with E-state index < -0.39 is 22.7 Å². The molecule has 1 aliphatic rings. The van der Waals surface area contributed by atoms with Gasteiger partial charge in [-0.1, -0.05) is 23.7 Å². The van der Waals surface area contributed by atoms with Crippen LogP contribution in [0.5, 0.6) is 0 Å². The van der Waals surface area contributed by atoms with E-state index in [1.807, 2.05) is 0 Å². The van der Waals surface area contributed by atoms with Crippen LogP contribution in [0.3, 0.4) is 0 Å². The van der Waals surface area contributed by atoms with Crippen LogP contribution in [0, 0.1) is 44.8 Å². The van der Waals surface area contributed by atoms with Crippen molar-refractivity contribution in [2.75, 3.05) is 0 Å². The first-order valence-electron chi connectivity index (χ1n) is 5.29. The monoisotopic (exact) mass is 270 g/mol. The zero-order chi connectivity index (χ0) is 14.3. The first-order chi connectivity index (χ1) is 9.00. The van der Waals surface area contributed by atoms with Crippen molar-refractivity contribution in [2.45, 2.75) is 5.92 Å². The highest BCUT2D eigenvalue weighted by atomic mass is 35.5. The number of carbonyl (C=O) groups excluding carboxylic acids is 1. The number of nitrogens with two attached hydrogens (primary N) is 1. The Bertz CT molecular complexity index is 663. The van der Waals surface area contributed by atoms with E-state index in [0.717, 1.165) is 0 Å². The Labute approximate surface area is 114 Å². The summed E-state index contributed by atoms with van der Waals surface area (Å²) < 4.78 is 0. The Morgan fingerprint density at radius 3 is 2.00 bits per heavy atom. The van der Waals surface area contributed by atoms with Crippen molar-refractivity contribution < 1.29 is 4.79 Å². The molecule has 5 nitrogen and oxygen atoms in total. The molecule has 0 saturated heterocycles. The molecule has 0 unspecified atom stereocenters. The maximum Gasteiger partial charge on any atom is 0.241 e. The molecule has 0 heterocycles. The van der Waals surface area contributed by atoms with E-state index in [1.165, 1.54) is 0 Å². The van der Waals surface area contributed by atoms with Crippen LogP contribution in [-0.2, 0) is 4.79 Å². The maximum atomic E-state index is 11.6. The third-order valence-electron chi connectivity index (χ3n) is 3.53. The number of nitriles is 3. The topological polar surface area (TPSA) is 114 Å². The highest BCUT2D eigenvalue weighted by Gasteiger charge is 2.84. The number of nitrogens with zero attached hydrogens (tertiary/aromatic N) is 3. The number of hydrogen-bond donors (Lipinski definition) is 1. The lowest BCUT2D eigenvalue weighted by atomic mass is 9.96. The molecule has 1 saturated carbocycles. The molecule has 92 valence electrons. The fourth-order valence-electron chi connectivity index (χ4n) is 2.50. The van der Waals surface area contributed by atoms with E-state index in [2.05, 4.69) is 0 Å². The second kappa shape index (κ2) is 3.99. The van der Waals surface area contributed by atoms with Crippen LogP contribution < -0.4 is 5.73 Å². The molecule has 2 rings (SSSR count).